The third-order valence-corrected chi connectivity index (χ3v) is 5.18. The molecule has 0 aromatic rings. The van der Waals surface area contributed by atoms with Gasteiger partial charge in [0.25, 0.3) is 0 Å². The van der Waals surface area contributed by atoms with Gasteiger partial charge in [-0.3, -0.25) is 0 Å². The summed E-state index contributed by atoms with van der Waals surface area (Å²) >= 11 is 0. The van der Waals surface area contributed by atoms with Crippen LogP contribution in [-0.4, -0.2) is 37.6 Å². The molecule has 0 aromatic heterocycles. The van der Waals surface area contributed by atoms with Crippen molar-refractivity contribution in [3.05, 3.63) is 0 Å². The van der Waals surface area contributed by atoms with Crippen LogP contribution in [0.2, 0.25) is 0 Å². The average Bonchev–Trinajstić information content (AvgIpc) is 3.21. The van der Waals surface area contributed by atoms with Crippen LogP contribution in [-0.2, 0) is 0 Å². The largest absolute Gasteiger partial charge is 0.313 e. The number of hydrogen-bond acceptors (Lipinski definition) is 2. The molecule has 1 atom stereocenters. The van der Waals surface area contributed by atoms with Crippen molar-refractivity contribution in [3.8, 4) is 0 Å². The summed E-state index contributed by atoms with van der Waals surface area (Å²) in [6, 6.07) is 0.860. The van der Waals surface area contributed by atoms with Gasteiger partial charge in [0.2, 0.25) is 0 Å². The lowest BCUT2D eigenvalue weighted by Crippen LogP contribution is -2.45. The van der Waals surface area contributed by atoms with Crippen LogP contribution in [0.15, 0.2) is 0 Å². The van der Waals surface area contributed by atoms with Gasteiger partial charge in [-0.2, -0.15) is 0 Å². The molecule has 19 heavy (non-hydrogen) atoms. The molecule has 2 saturated carbocycles. The van der Waals surface area contributed by atoms with Crippen LogP contribution in [0.1, 0.15) is 65.2 Å². The Hall–Kier alpha value is -0.0800. The van der Waals surface area contributed by atoms with Crippen molar-refractivity contribution in [2.45, 2.75) is 71.3 Å². The van der Waals surface area contributed by atoms with Gasteiger partial charge in [-0.25, -0.2) is 0 Å². The summed E-state index contributed by atoms with van der Waals surface area (Å²) in [6.45, 7) is 8.53. The van der Waals surface area contributed by atoms with Crippen LogP contribution in [0.3, 0.4) is 0 Å². The molecule has 0 amide bonds. The Morgan fingerprint density at radius 1 is 1.21 bits per heavy atom. The lowest BCUT2D eigenvalue weighted by molar-refractivity contribution is 0.108. The van der Waals surface area contributed by atoms with Gasteiger partial charge in [-0.15, -0.1) is 0 Å². The molecular weight excluding hydrogens is 232 g/mol. The van der Waals surface area contributed by atoms with Gasteiger partial charge in [0.05, 0.1) is 0 Å². The monoisotopic (exact) mass is 266 g/mol. The first-order chi connectivity index (χ1) is 9.13. The van der Waals surface area contributed by atoms with Crippen LogP contribution in [0.5, 0.6) is 0 Å². The zero-order valence-corrected chi connectivity index (χ0v) is 13.4. The first-order valence-electron chi connectivity index (χ1n) is 8.55. The van der Waals surface area contributed by atoms with Crippen LogP contribution in [0.4, 0.5) is 0 Å². The van der Waals surface area contributed by atoms with Crippen molar-refractivity contribution in [3.63, 3.8) is 0 Å². The molecule has 2 aliphatic carbocycles. The molecule has 0 spiro atoms. The highest BCUT2D eigenvalue weighted by Crippen LogP contribution is 2.37. The maximum atomic E-state index is 3.81. The number of hydrogen-bond donors (Lipinski definition) is 1. The summed E-state index contributed by atoms with van der Waals surface area (Å²) < 4.78 is 0. The predicted molar refractivity (Wildman–Crippen MR) is 83.5 cm³/mol. The standard InChI is InChI=1S/C17H34N2/c1-4-15(2)12-19(3)14-17(10-6-5-7-11-17)13-18-16-8-9-16/h15-16,18H,4-14H2,1-3H3. The van der Waals surface area contributed by atoms with Gasteiger partial charge in [-0.05, 0) is 44.1 Å². The quantitative estimate of drug-likeness (QED) is 0.721. The van der Waals surface area contributed by atoms with Crippen LogP contribution >= 0.6 is 0 Å². The minimum atomic E-state index is 0.572. The second kappa shape index (κ2) is 7.08. The summed E-state index contributed by atoms with van der Waals surface area (Å²) in [4.78, 5) is 2.61. The van der Waals surface area contributed by atoms with Crippen molar-refractivity contribution in [1.29, 1.82) is 0 Å². The minimum Gasteiger partial charge on any atom is -0.313 e. The van der Waals surface area contributed by atoms with E-state index in [9.17, 15) is 0 Å². The molecule has 112 valence electrons. The summed E-state index contributed by atoms with van der Waals surface area (Å²) in [7, 11) is 2.33. The minimum absolute atomic E-state index is 0.572. The van der Waals surface area contributed by atoms with Crippen molar-refractivity contribution >= 4 is 0 Å². The van der Waals surface area contributed by atoms with Gasteiger partial charge >= 0.3 is 0 Å². The second-order valence-electron chi connectivity index (χ2n) is 7.43. The first kappa shape index (κ1) is 15.3. The summed E-state index contributed by atoms with van der Waals surface area (Å²) in [5.74, 6) is 0.835. The van der Waals surface area contributed by atoms with E-state index < -0.39 is 0 Å². The van der Waals surface area contributed by atoms with E-state index in [1.165, 1.54) is 71.0 Å². The highest BCUT2D eigenvalue weighted by Gasteiger charge is 2.35. The molecule has 2 rings (SSSR count). The highest BCUT2D eigenvalue weighted by molar-refractivity contribution is 4.91. The Bertz CT molecular complexity index is 254. The summed E-state index contributed by atoms with van der Waals surface area (Å²) in [5.41, 5.74) is 0.572. The van der Waals surface area contributed by atoms with Crippen molar-refractivity contribution in [1.82, 2.24) is 10.2 Å². The Morgan fingerprint density at radius 3 is 2.47 bits per heavy atom. The first-order valence-corrected chi connectivity index (χ1v) is 8.55. The molecule has 2 aliphatic rings. The van der Waals surface area contributed by atoms with Crippen molar-refractivity contribution in [2.24, 2.45) is 11.3 Å². The van der Waals surface area contributed by atoms with Gasteiger partial charge < -0.3 is 10.2 Å². The fourth-order valence-corrected chi connectivity index (χ4v) is 3.64. The second-order valence-corrected chi connectivity index (χ2v) is 7.43. The van der Waals surface area contributed by atoms with E-state index in [-0.39, 0.29) is 0 Å². The maximum Gasteiger partial charge on any atom is 0.00684 e. The average molecular weight is 266 g/mol. The summed E-state index contributed by atoms with van der Waals surface area (Å²) in [6.07, 6.45) is 11.4. The van der Waals surface area contributed by atoms with Crippen molar-refractivity contribution < 1.29 is 0 Å². The molecule has 0 aliphatic heterocycles. The van der Waals surface area contributed by atoms with E-state index in [4.69, 9.17) is 0 Å². The fraction of sp³-hybridized carbons (Fsp3) is 1.00. The lowest BCUT2D eigenvalue weighted by Gasteiger charge is -2.41. The molecule has 0 aromatic carbocycles. The zero-order chi connectivity index (χ0) is 13.7. The highest BCUT2D eigenvalue weighted by atomic mass is 15.1. The molecule has 2 nitrogen and oxygen atoms in total. The lowest BCUT2D eigenvalue weighted by atomic mass is 9.73. The van der Waals surface area contributed by atoms with Gasteiger partial charge in [0, 0.05) is 25.7 Å². The van der Waals surface area contributed by atoms with E-state index in [1.807, 2.05) is 0 Å². The normalized spacial score (nSPS) is 24.6. The molecule has 0 heterocycles. The van der Waals surface area contributed by atoms with Crippen LogP contribution in [0, 0.1) is 11.3 Å². The predicted octanol–water partition coefficient (Wildman–Crippen LogP) is 3.67. The Morgan fingerprint density at radius 2 is 1.89 bits per heavy atom. The molecule has 0 saturated heterocycles. The van der Waals surface area contributed by atoms with E-state index in [0.29, 0.717) is 5.41 Å². The van der Waals surface area contributed by atoms with Gasteiger partial charge in [0.15, 0.2) is 0 Å². The van der Waals surface area contributed by atoms with E-state index >= 15 is 0 Å². The fourth-order valence-electron chi connectivity index (χ4n) is 3.64. The number of rotatable bonds is 8. The van der Waals surface area contributed by atoms with E-state index in [1.54, 1.807) is 0 Å². The Labute approximate surface area is 120 Å². The topological polar surface area (TPSA) is 15.3 Å². The molecular formula is C17H34N2. The molecule has 0 bridgehead atoms. The number of nitrogens with one attached hydrogen (secondary N) is 1. The van der Waals surface area contributed by atoms with Gasteiger partial charge in [0.1, 0.15) is 0 Å². The number of nitrogens with zero attached hydrogens (tertiary/aromatic N) is 1. The van der Waals surface area contributed by atoms with E-state index in [0.717, 1.165) is 12.0 Å². The van der Waals surface area contributed by atoms with Crippen LogP contribution in [0.25, 0.3) is 0 Å². The smallest absolute Gasteiger partial charge is 0.00684 e. The molecule has 1 N–H and O–H groups in total. The third kappa shape index (κ3) is 5.07. The summed E-state index contributed by atoms with van der Waals surface area (Å²) in [5, 5.41) is 3.81. The molecule has 2 fully saturated rings. The van der Waals surface area contributed by atoms with Crippen LogP contribution < -0.4 is 5.32 Å². The Kier molecular flexibility index (Phi) is 5.70. The Balaban J connectivity index is 1.84. The van der Waals surface area contributed by atoms with E-state index in [2.05, 4.69) is 31.1 Å². The third-order valence-electron chi connectivity index (χ3n) is 5.18. The SMILES string of the molecule is CCC(C)CN(C)CC1(CNC2CC2)CCCCC1. The molecule has 1 unspecified atom stereocenters. The molecule has 2 heteroatoms. The molecule has 0 radical (unpaired) electrons. The van der Waals surface area contributed by atoms with Crippen molar-refractivity contribution in [2.75, 3.05) is 26.7 Å². The maximum absolute atomic E-state index is 3.81. The zero-order valence-electron chi connectivity index (χ0n) is 13.4. The van der Waals surface area contributed by atoms with Gasteiger partial charge in [-0.1, -0.05) is 39.5 Å².